The summed E-state index contributed by atoms with van der Waals surface area (Å²) in [6, 6.07) is 31.6. The Labute approximate surface area is 197 Å². The highest BCUT2D eigenvalue weighted by atomic mass is 16.2. The number of carbonyl (C=O) groups excluding carboxylic acids is 1. The topological polar surface area (TPSA) is 67.2 Å². The lowest BCUT2D eigenvalue weighted by Gasteiger charge is -2.10. The van der Waals surface area contributed by atoms with Crippen LogP contribution in [0.4, 0.5) is 0 Å². The van der Waals surface area contributed by atoms with Gasteiger partial charge in [-0.2, -0.15) is 5.10 Å². The summed E-state index contributed by atoms with van der Waals surface area (Å²) >= 11 is 0. The van der Waals surface area contributed by atoms with Crippen molar-refractivity contribution in [2.75, 3.05) is 0 Å². The molecule has 0 radical (unpaired) electrons. The first kappa shape index (κ1) is 21.2. The van der Waals surface area contributed by atoms with E-state index in [2.05, 4.69) is 39.8 Å². The minimum absolute atomic E-state index is 0.288. The average Bonchev–Trinajstić information content (AvgIpc) is 2.92. The third kappa shape index (κ3) is 4.45. The van der Waals surface area contributed by atoms with Gasteiger partial charge in [-0.05, 0) is 36.2 Å². The molecule has 0 aliphatic rings. The van der Waals surface area contributed by atoms with Crippen molar-refractivity contribution in [1.29, 1.82) is 0 Å². The van der Waals surface area contributed by atoms with E-state index in [0.29, 0.717) is 11.3 Å². The second-order valence-electron chi connectivity index (χ2n) is 7.90. The van der Waals surface area contributed by atoms with Gasteiger partial charge in [0.1, 0.15) is 0 Å². The number of rotatable bonds is 5. The Bertz CT molecular complexity index is 1480. The second kappa shape index (κ2) is 9.46. The number of hydrogen-bond donors (Lipinski definition) is 1. The SMILES string of the molecule is C/C(=N\NC(=O)c1cc(-c2ccc(-c3ccccc3)cc2)nc2ccccc12)c1cccnc1. The highest BCUT2D eigenvalue weighted by molar-refractivity contribution is 6.08. The van der Waals surface area contributed by atoms with Gasteiger partial charge in [0.15, 0.2) is 0 Å². The summed E-state index contributed by atoms with van der Waals surface area (Å²) in [5.41, 5.74) is 9.45. The Kier molecular flexibility index (Phi) is 5.91. The van der Waals surface area contributed by atoms with Crippen LogP contribution in [0.3, 0.4) is 0 Å². The highest BCUT2D eigenvalue weighted by Gasteiger charge is 2.14. The zero-order valence-corrected chi connectivity index (χ0v) is 18.6. The Morgan fingerprint density at radius 2 is 1.50 bits per heavy atom. The first-order valence-electron chi connectivity index (χ1n) is 11.0. The van der Waals surface area contributed by atoms with Crippen LogP contribution in [-0.4, -0.2) is 21.6 Å². The normalized spacial score (nSPS) is 11.4. The number of hydrazone groups is 1. The van der Waals surface area contributed by atoms with Gasteiger partial charge in [0, 0.05) is 28.9 Å². The lowest BCUT2D eigenvalue weighted by atomic mass is 10.0. The van der Waals surface area contributed by atoms with Gasteiger partial charge in [-0.25, -0.2) is 10.4 Å². The van der Waals surface area contributed by atoms with Crippen LogP contribution in [0.25, 0.3) is 33.3 Å². The van der Waals surface area contributed by atoms with E-state index in [1.54, 1.807) is 12.4 Å². The molecule has 0 fully saturated rings. The second-order valence-corrected chi connectivity index (χ2v) is 7.90. The number of carbonyl (C=O) groups is 1. The van der Waals surface area contributed by atoms with Gasteiger partial charge in [-0.15, -0.1) is 0 Å². The standard InChI is InChI=1S/C29H22N4O/c1-20(24-10-7-17-30-19-24)32-33-29(34)26-18-28(31-27-12-6-5-11-25(26)27)23-15-13-22(14-16-23)21-8-3-2-4-9-21/h2-19H,1H3,(H,33,34)/b32-20+. The molecule has 0 bridgehead atoms. The van der Waals surface area contributed by atoms with Crippen molar-refractivity contribution in [1.82, 2.24) is 15.4 Å². The number of benzene rings is 3. The van der Waals surface area contributed by atoms with Crippen LogP contribution >= 0.6 is 0 Å². The van der Waals surface area contributed by atoms with E-state index in [1.807, 2.05) is 79.7 Å². The van der Waals surface area contributed by atoms with Gasteiger partial charge in [-0.1, -0.05) is 78.9 Å². The van der Waals surface area contributed by atoms with E-state index in [-0.39, 0.29) is 5.91 Å². The Morgan fingerprint density at radius 3 is 2.26 bits per heavy atom. The third-order valence-electron chi connectivity index (χ3n) is 5.65. The number of nitrogens with zero attached hydrogens (tertiary/aromatic N) is 3. The molecule has 0 atom stereocenters. The van der Waals surface area contributed by atoms with Crippen molar-refractivity contribution in [3.63, 3.8) is 0 Å². The van der Waals surface area contributed by atoms with Crippen molar-refractivity contribution >= 4 is 22.5 Å². The fourth-order valence-corrected chi connectivity index (χ4v) is 3.81. The van der Waals surface area contributed by atoms with Crippen LogP contribution in [-0.2, 0) is 0 Å². The molecule has 0 aliphatic heterocycles. The Hall–Kier alpha value is -4.64. The van der Waals surface area contributed by atoms with Crippen LogP contribution in [0.5, 0.6) is 0 Å². The predicted octanol–water partition coefficient (Wildman–Crippen LogP) is 6.12. The molecular weight excluding hydrogens is 420 g/mol. The maximum absolute atomic E-state index is 13.2. The van der Waals surface area contributed by atoms with Crippen LogP contribution in [0, 0.1) is 0 Å². The van der Waals surface area contributed by atoms with Crippen LogP contribution in [0.1, 0.15) is 22.8 Å². The van der Waals surface area contributed by atoms with Crippen molar-refractivity contribution in [3.8, 4) is 22.4 Å². The van der Waals surface area contributed by atoms with Gasteiger partial charge in [-0.3, -0.25) is 9.78 Å². The van der Waals surface area contributed by atoms with Crippen molar-refractivity contribution in [3.05, 3.63) is 121 Å². The summed E-state index contributed by atoms with van der Waals surface area (Å²) in [4.78, 5) is 22.1. The maximum atomic E-state index is 13.2. The molecule has 0 saturated carbocycles. The molecule has 0 aliphatic carbocycles. The van der Waals surface area contributed by atoms with E-state index < -0.39 is 0 Å². The van der Waals surface area contributed by atoms with Crippen LogP contribution in [0.15, 0.2) is 115 Å². The first-order valence-corrected chi connectivity index (χ1v) is 11.0. The summed E-state index contributed by atoms with van der Waals surface area (Å²) < 4.78 is 0. The van der Waals surface area contributed by atoms with Gasteiger partial charge >= 0.3 is 0 Å². The van der Waals surface area contributed by atoms with Crippen LogP contribution in [0.2, 0.25) is 0 Å². The zero-order chi connectivity index (χ0) is 23.3. The summed E-state index contributed by atoms with van der Waals surface area (Å²) in [6.45, 7) is 1.83. The summed E-state index contributed by atoms with van der Waals surface area (Å²) in [6.07, 6.45) is 3.41. The molecule has 2 aromatic heterocycles. The molecule has 1 amide bonds. The highest BCUT2D eigenvalue weighted by Crippen LogP contribution is 2.27. The molecule has 3 aromatic carbocycles. The summed E-state index contributed by atoms with van der Waals surface area (Å²) in [5.74, 6) is -0.288. The Balaban J connectivity index is 1.49. The number of hydrogen-bond acceptors (Lipinski definition) is 4. The zero-order valence-electron chi connectivity index (χ0n) is 18.6. The van der Waals surface area contributed by atoms with Crippen molar-refractivity contribution in [2.45, 2.75) is 6.92 Å². The largest absolute Gasteiger partial charge is 0.272 e. The molecule has 1 N–H and O–H groups in total. The molecule has 5 rings (SSSR count). The maximum Gasteiger partial charge on any atom is 0.272 e. The molecule has 2 heterocycles. The number of fused-ring (bicyclic) bond motifs is 1. The smallest absolute Gasteiger partial charge is 0.267 e. The lowest BCUT2D eigenvalue weighted by Crippen LogP contribution is -2.20. The van der Waals surface area contributed by atoms with E-state index in [0.717, 1.165) is 38.9 Å². The van der Waals surface area contributed by atoms with Gasteiger partial charge in [0.25, 0.3) is 5.91 Å². The number of amides is 1. The minimum Gasteiger partial charge on any atom is -0.267 e. The minimum atomic E-state index is -0.288. The molecule has 5 aromatic rings. The molecule has 0 saturated heterocycles. The number of aromatic nitrogens is 2. The molecule has 34 heavy (non-hydrogen) atoms. The van der Waals surface area contributed by atoms with Gasteiger partial charge < -0.3 is 0 Å². The fraction of sp³-hybridized carbons (Fsp3) is 0.0345. The van der Waals surface area contributed by atoms with Gasteiger partial charge in [0.2, 0.25) is 0 Å². The monoisotopic (exact) mass is 442 g/mol. The van der Waals surface area contributed by atoms with E-state index in [4.69, 9.17) is 4.98 Å². The predicted molar refractivity (Wildman–Crippen MR) is 137 cm³/mol. The number of pyridine rings is 2. The lowest BCUT2D eigenvalue weighted by molar-refractivity contribution is 0.0956. The quantitative estimate of drug-likeness (QED) is 0.263. The van der Waals surface area contributed by atoms with Crippen molar-refractivity contribution in [2.24, 2.45) is 5.10 Å². The molecule has 0 unspecified atom stereocenters. The molecule has 0 spiro atoms. The number of para-hydroxylation sites is 1. The molecule has 5 nitrogen and oxygen atoms in total. The summed E-state index contributed by atoms with van der Waals surface area (Å²) in [5, 5.41) is 5.06. The summed E-state index contributed by atoms with van der Waals surface area (Å²) in [7, 11) is 0. The van der Waals surface area contributed by atoms with E-state index in [1.165, 1.54) is 0 Å². The molecule has 164 valence electrons. The van der Waals surface area contributed by atoms with Gasteiger partial charge in [0.05, 0.1) is 22.5 Å². The molecular formula is C29H22N4O. The fourth-order valence-electron chi connectivity index (χ4n) is 3.81. The Morgan fingerprint density at radius 1 is 0.794 bits per heavy atom. The average molecular weight is 443 g/mol. The third-order valence-corrected chi connectivity index (χ3v) is 5.65. The van der Waals surface area contributed by atoms with E-state index >= 15 is 0 Å². The molecule has 5 heteroatoms. The van der Waals surface area contributed by atoms with Crippen molar-refractivity contribution < 1.29 is 4.79 Å². The van der Waals surface area contributed by atoms with Crippen LogP contribution < -0.4 is 5.43 Å². The first-order chi connectivity index (χ1) is 16.7. The van der Waals surface area contributed by atoms with E-state index in [9.17, 15) is 4.79 Å². The number of nitrogens with one attached hydrogen (secondary N) is 1.